The number of hydrogen-bond donors (Lipinski definition) is 2. The molecule has 0 aliphatic carbocycles. The average molecular weight is 246 g/mol. The summed E-state index contributed by atoms with van der Waals surface area (Å²) >= 11 is 0. The van der Waals surface area contributed by atoms with Gasteiger partial charge in [0.25, 0.3) is 0 Å². The number of carbonyl (C=O) groups excluding carboxylic acids is 1. The quantitative estimate of drug-likeness (QED) is 0.522. The predicted octanol–water partition coefficient (Wildman–Crippen LogP) is 0.531. The van der Waals surface area contributed by atoms with Crippen LogP contribution in [0.15, 0.2) is 0 Å². The summed E-state index contributed by atoms with van der Waals surface area (Å²) in [7, 11) is 1.65. The molecule has 5 heteroatoms. The van der Waals surface area contributed by atoms with Gasteiger partial charge in [0.05, 0.1) is 13.2 Å². The van der Waals surface area contributed by atoms with E-state index in [-0.39, 0.29) is 11.8 Å². The van der Waals surface area contributed by atoms with E-state index in [9.17, 15) is 4.79 Å². The molecule has 0 heterocycles. The Morgan fingerprint density at radius 1 is 1.29 bits per heavy atom. The molecular formula is C12H26N2O3. The van der Waals surface area contributed by atoms with E-state index >= 15 is 0 Å². The topological polar surface area (TPSA) is 73.6 Å². The van der Waals surface area contributed by atoms with Gasteiger partial charge in [0.1, 0.15) is 0 Å². The summed E-state index contributed by atoms with van der Waals surface area (Å²) in [5.74, 6) is 0.156. The van der Waals surface area contributed by atoms with Crippen LogP contribution >= 0.6 is 0 Å². The molecular weight excluding hydrogens is 220 g/mol. The Labute approximate surface area is 104 Å². The minimum Gasteiger partial charge on any atom is -0.382 e. The summed E-state index contributed by atoms with van der Waals surface area (Å²) in [6.45, 7) is 5.12. The number of amides is 1. The molecule has 1 amide bonds. The monoisotopic (exact) mass is 246 g/mol. The zero-order chi connectivity index (χ0) is 12.9. The first kappa shape index (κ1) is 16.4. The number of carbonyl (C=O) groups is 1. The molecule has 0 bridgehead atoms. The summed E-state index contributed by atoms with van der Waals surface area (Å²) in [6.07, 6.45) is 2.58. The second-order valence-electron chi connectivity index (χ2n) is 4.08. The Morgan fingerprint density at radius 3 is 2.71 bits per heavy atom. The van der Waals surface area contributed by atoms with E-state index in [2.05, 4.69) is 5.32 Å². The van der Waals surface area contributed by atoms with Gasteiger partial charge in [-0.3, -0.25) is 4.79 Å². The van der Waals surface area contributed by atoms with E-state index in [1.807, 2.05) is 6.92 Å². The number of hydrogen-bond acceptors (Lipinski definition) is 4. The summed E-state index contributed by atoms with van der Waals surface area (Å²) in [4.78, 5) is 11.6. The molecule has 0 fully saturated rings. The lowest BCUT2D eigenvalue weighted by molar-refractivity contribution is -0.124. The maximum Gasteiger partial charge on any atom is 0.222 e. The van der Waals surface area contributed by atoms with Crippen LogP contribution < -0.4 is 11.1 Å². The van der Waals surface area contributed by atoms with Crippen LogP contribution in [0.2, 0.25) is 0 Å². The summed E-state index contributed by atoms with van der Waals surface area (Å²) < 4.78 is 10.1. The number of ether oxygens (including phenoxy) is 2. The molecule has 0 aromatic rings. The van der Waals surface area contributed by atoms with Crippen LogP contribution in [-0.2, 0) is 14.3 Å². The van der Waals surface area contributed by atoms with E-state index < -0.39 is 0 Å². The first-order chi connectivity index (χ1) is 8.22. The molecule has 0 aromatic carbocycles. The van der Waals surface area contributed by atoms with Gasteiger partial charge < -0.3 is 20.5 Å². The summed E-state index contributed by atoms with van der Waals surface area (Å²) in [5, 5.41) is 2.89. The Bertz CT molecular complexity index is 189. The normalized spacial score (nSPS) is 12.4. The van der Waals surface area contributed by atoms with Crippen LogP contribution in [0.5, 0.6) is 0 Å². The smallest absolute Gasteiger partial charge is 0.222 e. The molecule has 102 valence electrons. The number of nitrogens with two attached hydrogens (primary N) is 1. The van der Waals surface area contributed by atoms with Gasteiger partial charge in [-0.25, -0.2) is 0 Å². The van der Waals surface area contributed by atoms with E-state index in [1.165, 1.54) is 0 Å². The third-order valence-corrected chi connectivity index (χ3v) is 2.49. The summed E-state index contributed by atoms with van der Waals surface area (Å²) in [5.41, 5.74) is 5.40. The van der Waals surface area contributed by atoms with Gasteiger partial charge >= 0.3 is 0 Å². The minimum atomic E-state index is 0.0490. The van der Waals surface area contributed by atoms with Crippen LogP contribution in [0.1, 0.15) is 26.2 Å². The predicted molar refractivity (Wildman–Crippen MR) is 67.8 cm³/mol. The Morgan fingerprint density at radius 2 is 2.06 bits per heavy atom. The van der Waals surface area contributed by atoms with Crippen molar-refractivity contribution in [3.8, 4) is 0 Å². The fraction of sp³-hybridized carbons (Fsp3) is 0.917. The molecule has 0 aliphatic rings. The zero-order valence-electron chi connectivity index (χ0n) is 11.0. The van der Waals surface area contributed by atoms with Crippen molar-refractivity contribution >= 4 is 5.91 Å². The fourth-order valence-corrected chi connectivity index (χ4v) is 1.36. The molecule has 0 spiro atoms. The second-order valence-corrected chi connectivity index (χ2v) is 4.08. The number of rotatable bonds is 11. The van der Waals surface area contributed by atoms with Gasteiger partial charge in [-0.1, -0.05) is 6.92 Å². The van der Waals surface area contributed by atoms with Crippen molar-refractivity contribution in [1.29, 1.82) is 0 Å². The van der Waals surface area contributed by atoms with Gasteiger partial charge in [0.2, 0.25) is 5.91 Å². The van der Waals surface area contributed by atoms with E-state index in [0.29, 0.717) is 32.9 Å². The van der Waals surface area contributed by atoms with Gasteiger partial charge in [-0.05, 0) is 25.8 Å². The minimum absolute atomic E-state index is 0.0490. The van der Waals surface area contributed by atoms with E-state index in [0.717, 1.165) is 19.3 Å². The van der Waals surface area contributed by atoms with Gasteiger partial charge in [0, 0.05) is 26.2 Å². The molecule has 0 aliphatic heterocycles. The second kappa shape index (κ2) is 11.8. The highest BCUT2D eigenvalue weighted by atomic mass is 16.5. The van der Waals surface area contributed by atoms with Gasteiger partial charge in [-0.2, -0.15) is 0 Å². The highest BCUT2D eigenvalue weighted by Gasteiger charge is 2.10. The molecule has 0 saturated carbocycles. The van der Waals surface area contributed by atoms with Crippen LogP contribution in [-0.4, -0.2) is 45.9 Å². The van der Waals surface area contributed by atoms with Crippen molar-refractivity contribution in [3.63, 3.8) is 0 Å². The number of methoxy groups -OCH3 is 1. The van der Waals surface area contributed by atoms with Crippen LogP contribution in [0.4, 0.5) is 0 Å². The Balaban J connectivity index is 3.32. The molecule has 0 aromatic heterocycles. The van der Waals surface area contributed by atoms with Gasteiger partial charge in [-0.15, -0.1) is 0 Å². The van der Waals surface area contributed by atoms with E-state index in [1.54, 1.807) is 7.11 Å². The van der Waals surface area contributed by atoms with Crippen LogP contribution in [0, 0.1) is 5.92 Å². The molecule has 1 atom stereocenters. The maximum atomic E-state index is 11.6. The van der Waals surface area contributed by atoms with Crippen molar-refractivity contribution in [3.05, 3.63) is 0 Å². The highest BCUT2D eigenvalue weighted by molar-refractivity contribution is 5.78. The van der Waals surface area contributed by atoms with Crippen molar-refractivity contribution < 1.29 is 14.3 Å². The van der Waals surface area contributed by atoms with Crippen LogP contribution in [0.25, 0.3) is 0 Å². The van der Waals surface area contributed by atoms with Gasteiger partial charge in [0.15, 0.2) is 0 Å². The van der Waals surface area contributed by atoms with Crippen molar-refractivity contribution in [2.75, 3.05) is 40.0 Å². The van der Waals surface area contributed by atoms with E-state index in [4.69, 9.17) is 15.2 Å². The summed E-state index contributed by atoms with van der Waals surface area (Å²) in [6, 6.07) is 0. The highest BCUT2D eigenvalue weighted by Crippen LogP contribution is 2.04. The lowest BCUT2D eigenvalue weighted by atomic mass is 10.1. The average Bonchev–Trinajstić information content (AvgIpc) is 2.34. The molecule has 1 unspecified atom stereocenters. The molecule has 3 N–H and O–H groups in total. The maximum absolute atomic E-state index is 11.6. The third kappa shape index (κ3) is 10.2. The molecule has 5 nitrogen and oxygen atoms in total. The van der Waals surface area contributed by atoms with Crippen molar-refractivity contribution in [2.24, 2.45) is 11.7 Å². The van der Waals surface area contributed by atoms with Crippen molar-refractivity contribution in [1.82, 2.24) is 5.32 Å². The zero-order valence-corrected chi connectivity index (χ0v) is 11.0. The molecule has 0 saturated heterocycles. The first-order valence-electron chi connectivity index (χ1n) is 6.26. The molecule has 17 heavy (non-hydrogen) atoms. The van der Waals surface area contributed by atoms with Crippen molar-refractivity contribution in [2.45, 2.75) is 26.2 Å². The largest absolute Gasteiger partial charge is 0.382 e. The Hall–Kier alpha value is -0.650. The first-order valence-corrected chi connectivity index (χ1v) is 6.26. The lowest BCUT2D eigenvalue weighted by Crippen LogP contribution is -2.30. The molecule has 0 radical (unpaired) electrons. The van der Waals surface area contributed by atoms with Crippen LogP contribution in [0.3, 0.4) is 0 Å². The molecule has 0 rings (SSSR count). The third-order valence-electron chi connectivity index (χ3n) is 2.49. The number of nitrogens with one attached hydrogen (secondary N) is 1. The SMILES string of the molecule is COCCOCCCNC(=O)C(C)CCCN. The lowest BCUT2D eigenvalue weighted by Gasteiger charge is -2.11. The standard InChI is InChI=1S/C12H26N2O3/c1-11(5-3-6-13)12(15)14-7-4-8-17-10-9-16-2/h11H,3-10,13H2,1-2H3,(H,14,15). The fourth-order valence-electron chi connectivity index (χ4n) is 1.36. The Kier molecular flexibility index (Phi) is 11.4.